The second-order valence-corrected chi connectivity index (χ2v) is 3.16. The van der Waals surface area contributed by atoms with E-state index in [9.17, 15) is 0 Å². The van der Waals surface area contributed by atoms with Crippen LogP contribution in [0.25, 0.3) is 0 Å². The molecule has 2 heteroatoms. The number of aromatic nitrogens is 2. The van der Waals surface area contributed by atoms with Crippen molar-refractivity contribution in [2.45, 2.75) is 19.9 Å². The molecule has 13 heavy (non-hydrogen) atoms. The maximum absolute atomic E-state index is 3.21. The van der Waals surface area contributed by atoms with Crippen LogP contribution in [0.3, 0.4) is 0 Å². The van der Waals surface area contributed by atoms with Crippen LogP contribution in [0.1, 0.15) is 18.3 Å². The average Bonchev–Trinajstić information content (AvgIpc) is 2.76. The molecule has 0 aliphatic heterocycles. The molecule has 2 rings (SSSR count). The Morgan fingerprint density at radius 1 is 1.31 bits per heavy atom. The standard InChI is InChI=1S/C11H14N2/c1-2-13-8-4-6-11(13)9-10-5-3-7-12-10/h3-8,12H,2,9H2,1H3. The van der Waals surface area contributed by atoms with Gasteiger partial charge in [0.15, 0.2) is 0 Å². The molecule has 2 aromatic rings. The lowest BCUT2D eigenvalue weighted by atomic mass is 10.2. The van der Waals surface area contributed by atoms with Crippen LogP contribution in [0.2, 0.25) is 0 Å². The minimum atomic E-state index is 0.994. The van der Waals surface area contributed by atoms with E-state index in [1.807, 2.05) is 12.3 Å². The minimum absolute atomic E-state index is 0.994. The van der Waals surface area contributed by atoms with Crippen LogP contribution in [0, 0.1) is 0 Å². The van der Waals surface area contributed by atoms with Crippen molar-refractivity contribution in [3.63, 3.8) is 0 Å². The van der Waals surface area contributed by atoms with Gasteiger partial charge in [-0.15, -0.1) is 0 Å². The first-order chi connectivity index (χ1) is 6.40. The van der Waals surface area contributed by atoms with Gasteiger partial charge >= 0.3 is 0 Å². The van der Waals surface area contributed by atoms with Crippen LogP contribution in [-0.2, 0) is 13.0 Å². The molecule has 0 saturated carbocycles. The van der Waals surface area contributed by atoms with Crippen LogP contribution in [0.5, 0.6) is 0 Å². The zero-order valence-electron chi connectivity index (χ0n) is 7.83. The summed E-state index contributed by atoms with van der Waals surface area (Å²) in [7, 11) is 0. The molecule has 0 spiro atoms. The summed E-state index contributed by atoms with van der Waals surface area (Å²) in [5.74, 6) is 0. The molecule has 0 aromatic carbocycles. The number of rotatable bonds is 3. The SMILES string of the molecule is CCn1cccc1Cc1ccc[nH]1. The molecule has 68 valence electrons. The summed E-state index contributed by atoms with van der Waals surface area (Å²) in [6, 6.07) is 8.42. The Hall–Kier alpha value is -1.44. The van der Waals surface area contributed by atoms with E-state index in [-0.39, 0.29) is 0 Å². The molecule has 0 unspecified atom stereocenters. The van der Waals surface area contributed by atoms with Gasteiger partial charge in [0.1, 0.15) is 0 Å². The molecule has 0 aliphatic carbocycles. The van der Waals surface area contributed by atoms with Gasteiger partial charge in [-0.1, -0.05) is 0 Å². The average molecular weight is 174 g/mol. The Labute approximate surface area is 78.2 Å². The van der Waals surface area contributed by atoms with Gasteiger partial charge in [-0.25, -0.2) is 0 Å². The number of nitrogens with one attached hydrogen (secondary N) is 1. The molecule has 2 aromatic heterocycles. The molecule has 0 amide bonds. The highest BCUT2D eigenvalue weighted by Gasteiger charge is 2.00. The normalized spacial score (nSPS) is 10.5. The summed E-state index contributed by atoms with van der Waals surface area (Å²) in [5.41, 5.74) is 2.64. The molecule has 0 bridgehead atoms. The largest absolute Gasteiger partial charge is 0.365 e. The molecular weight excluding hydrogens is 160 g/mol. The number of aryl methyl sites for hydroxylation is 1. The van der Waals surface area contributed by atoms with Crippen LogP contribution >= 0.6 is 0 Å². The van der Waals surface area contributed by atoms with Crippen LogP contribution in [0.15, 0.2) is 36.7 Å². The van der Waals surface area contributed by atoms with Crippen molar-refractivity contribution in [1.29, 1.82) is 0 Å². The van der Waals surface area contributed by atoms with Gasteiger partial charge in [0.05, 0.1) is 0 Å². The van der Waals surface area contributed by atoms with Crippen molar-refractivity contribution >= 4 is 0 Å². The summed E-state index contributed by atoms with van der Waals surface area (Å²) in [5, 5.41) is 0. The lowest BCUT2D eigenvalue weighted by Crippen LogP contribution is -1.99. The predicted molar refractivity (Wildman–Crippen MR) is 53.7 cm³/mol. The van der Waals surface area contributed by atoms with Crippen LogP contribution in [0.4, 0.5) is 0 Å². The van der Waals surface area contributed by atoms with Crippen molar-refractivity contribution in [2.24, 2.45) is 0 Å². The zero-order chi connectivity index (χ0) is 9.10. The lowest BCUT2D eigenvalue weighted by Gasteiger charge is -2.04. The third-order valence-electron chi connectivity index (χ3n) is 2.30. The van der Waals surface area contributed by atoms with E-state index in [0.717, 1.165) is 13.0 Å². The Balaban J connectivity index is 2.18. The molecule has 2 heterocycles. The quantitative estimate of drug-likeness (QED) is 0.737. The fourth-order valence-electron chi connectivity index (χ4n) is 1.59. The first-order valence-corrected chi connectivity index (χ1v) is 4.66. The fourth-order valence-corrected chi connectivity index (χ4v) is 1.59. The minimum Gasteiger partial charge on any atom is -0.365 e. The van der Waals surface area contributed by atoms with Crippen molar-refractivity contribution in [3.8, 4) is 0 Å². The molecular formula is C11H14N2. The summed E-state index contributed by atoms with van der Waals surface area (Å²) >= 11 is 0. The van der Waals surface area contributed by atoms with Gasteiger partial charge in [-0.2, -0.15) is 0 Å². The maximum atomic E-state index is 3.21. The zero-order valence-corrected chi connectivity index (χ0v) is 7.83. The second-order valence-electron chi connectivity index (χ2n) is 3.16. The number of hydrogen-bond donors (Lipinski definition) is 1. The Morgan fingerprint density at radius 3 is 2.92 bits per heavy atom. The molecule has 0 radical (unpaired) electrons. The van der Waals surface area contributed by atoms with Crippen molar-refractivity contribution < 1.29 is 0 Å². The maximum Gasteiger partial charge on any atom is 0.0280 e. The van der Waals surface area contributed by atoms with E-state index in [2.05, 4.69) is 40.9 Å². The topological polar surface area (TPSA) is 20.7 Å². The number of aromatic amines is 1. The highest BCUT2D eigenvalue weighted by molar-refractivity contribution is 5.16. The van der Waals surface area contributed by atoms with E-state index in [0.29, 0.717) is 0 Å². The third-order valence-corrected chi connectivity index (χ3v) is 2.30. The highest BCUT2D eigenvalue weighted by Crippen LogP contribution is 2.08. The summed E-state index contributed by atoms with van der Waals surface area (Å²) in [4.78, 5) is 3.21. The van der Waals surface area contributed by atoms with Crippen molar-refractivity contribution in [2.75, 3.05) is 0 Å². The Bertz CT molecular complexity index is 357. The van der Waals surface area contributed by atoms with Gasteiger partial charge in [0.2, 0.25) is 0 Å². The smallest absolute Gasteiger partial charge is 0.0280 e. The van der Waals surface area contributed by atoms with Gasteiger partial charge in [0.25, 0.3) is 0 Å². The van der Waals surface area contributed by atoms with E-state index in [1.54, 1.807) is 0 Å². The predicted octanol–water partition coefficient (Wildman–Crippen LogP) is 2.43. The van der Waals surface area contributed by atoms with E-state index < -0.39 is 0 Å². The number of H-pyrrole nitrogens is 1. The molecule has 0 saturated heterocycles. The molecule has 0 atom stereocenters. The number of hydrogen-bond acceptors (Lipinski definition) is 0. The first kappa shape index (κ1) is 8.17. The van der Waals surface area contributed by atoms with Gasteiger partial charge in [-0.3, -0.25) is 0 Å². The van der Waals surface area contributed by atoms with Gasteiger partial charge < -0.3 is 9.55 Å². The molecule has 0 aliphatic rings. The van der Waals surface area contributed by atoms with Crippen molar-refractivity contribution in [3.05, 3.63) is 48.0 Å². The molecule has 1 N–H and O–H groups in total. The number of nitrogens with zero attached hydrogens (tertiary/aromatic N) is 1. The van der Waals surface area contributed by atoms with Crippen molar-refractivity contribution in [1.82, 2.24) is 9.55 Å². The Morgan fingerprint density at radius 2 is 2.23 bits per heavy atom. The first-order valence-electron chi connectivity index (χ1n) is 4.66. The molecule has 2 nitrogen and oxygen atoms in total. The van der Waals surface area contributed by atoms with Crippen LogP contribution < -0.4 is 0 Å². The summed E-state index contributed by atoms with van der Waals surface area (Å²) in [6.45, 7) is 3.21. The van der Waals surface area contributed by atoms with E-state index in [4.69, 9.17) is 0 Å². The monoisotopic (exact) mass is 174 g/mol. The highest BCUT2D eigenvalue weighted by atomic mass is 15.0. The van der Waals surface area contributed by atoms with Gasteiger partial charge in [-0.05, 0) is 31.2 Å². The summed E-state index contributed by atoms with van der Waals surface area (Å²) in [6.07, 6.45) is 5.08. The Kier molecular flexibility index (Phi) is 2.21. The summed E-state index contributed by atoms with van der Waals surface area (Å²) < 4.78 is 2.26. The second kappa shape index (κ2) is 3.52. The van der Waals surface area contributed by atoms with E-state index in [1.165, 1.54) is 11.4 Å². The lowest BCUT2D eigenvalue weighted by molar-refractivity contribution is 0.725. The molecule has 0 fully saturated rings. The third kappa shape index (κ3) is 1.66. The van der Waals surface area contributed by atoms with Gasteiger partial charge in [0, 0.05) is 36.7 Å². The fraction of sp³-hybridized carbons (Fsp3) is 0.273. The van der Waals surface area contributed by atoms with E-state index >= 15 is 0 Å². The van der Waals surface area contributed by atoms with Crippen LogP contribution in [-0.4, -0.2) is 9.55 Å².